The molecule has 6 nitrogen and oxygen atoms in total. The van der Waals surface area contributed by atoms with Gasteiger partial charge in [0, 0.05) is 25.5 Å². The molecule has 1 N–H and O–H groups in total. The van der Waals surface area contributed by atoms with E-state index in [4.69, 9.17) is 9.47 Å². The van der Waals surface area contributed by atoms with Gasteiger partial charge in [-0.05, 0) is 31.9 Å². The van der Waals surface area contributed by atoms with E-state index in [-0.39, 0.29) is 18.6 Å². The number of amides is 1. The van der Waals surface area contributed by atoms with Crippen LogP contribution in [0.5, 0.6) is 5.75 Å². The average Bonchev–Trinajstić information content (AvgIpc) is 3.10. The molecule has 1 unspecified atom stereocenters. The summed E-state index contributed by atoms with van der Waals surface area (Å²) in [6.45, 7) is 3.25. The van der Waals surface area contributed by atoms with Crippen LogP contribution in [0, 0.1) is 6.92 Å². The number of nitrogens with zero attached hydrogens (tertiary/aromatic N) is 2. The number of imidazole rings is 1. The Bertz CT molecular complexity index is 632. The summed E-state index contributed by atoms with van der Waals surface area (Å²) in [5.74, 6) is 0.466. The summed E-state index contributed by atoms with van der Waals surface area (Å²) in [5.41, 5.74) is 1.64. The Morgan fingerprint density at radius 1 is 1.62 bits per heavy atom. The smallest absolute Gasteiger partial charge is 0.258 e. The predicted molar refractivity (Wildman–Crippen MR) is 77.4 cm³/mol. The zero-order valence-corrected chi connectivity index (χ0v) is 12.0. The zero-order valence-electron chi connectivity index (χ0n) is 12.0. The number of nitrogens with one attached hydrogen (secondary N) is 1. The third kappa shape index (κ3) is 3.33. The molecule has 6 heteroatoms. The molecule has 0 radical (unpaired) electrons. The Labute approximate surface area is 123 Å². The SMILES string of the molecule is Cc1cn2cccc(OCC(=O)NCC3CCCO3)c2n1. The second-order valence-corrected chi connectivity index (χ2v) is 5.21. The number of hydrogen-bond acceptors (Lipinski definition) is 4. The van der Waals surface area contributed by atoms with Crippen LogP contribution in [0.2, 0.25) is 0 Å². The van der Waals surface area contributed by atoms with Crippen LogP contribution in [-0.4, -0.2) is 41.2 Å². The van der Waals surface area contributed by atoms with Gasteiger partial charge in [-0.15, -0.1) is 0 Å². The Morgan fingerprint density at radius 2 is 2.52 bits per heavy atom. The lowest BCUT2D eigenvalue weighted by Crippen LogP contribution is -2.35. The minimum atomic E-state index is -0.143. The van der Waals surface area contributed by atoms with E-state index in [0.717, 1.165) is 30.8 Å². The van der Waals surface area contributed by atoms with Crippen molar-refractivity contribution in [3.05, 3.63) is 30.2 Å². The number of carbonyl (C=O) groups is 1. The van der Waals surface area contributed by atoms with E-state index in [2.05, 4.69) is 10.3 Å². The number of carbonyl (C=O) groups excluding carboxylic acids is 1. The van der Waals surface area contributed by atoms with E-state index in [0.29, 0.717) is 12.3 Å². The monoisotopic (exact) mass is 289 g/mol. The number of rotatable bonds is 5. The number of hydrogen-bond donors (Lipinski definition) is 1. The van der Waals surface area contributed by atoms with Crippen molar-refractivity contribution in [2.75, 3.05) is 19.8 Å². The zero-order chi connectivity index (χ0) is 14.7. The van der Waals surface area contributed by atoms with Gasteiger partial charge in [0.2, 0.25) is 0 Å². The number of pyridine rings is 1. The van der Waals surface area contributed by atoms with Gasteiger partial charge in [-0.3, -0.25) is 4.79 Å². The Kier molecular flexibility index (Phi) is 4.06. The van der Waals surface area contributed by atoms with E-state index in [1.165, 1.54) is 0 Å². The van der Waals surface area contributed by atoms with Crippen LogP contribution in [0.15, 0.2) is 24.5 Å². The van der Waals surface area contributed by atoms with Crippen LogP contribution >= 0.6 is 0 Å². The molecule has 1 fully saturated rings. The van der Waals surface area contributed by atoms with Crippen LogP contribution in [0.3, 0.4) is 0 Å². The standard InChI is InChI=1S/C15H19N3O3/c1-11-9-18-6-2-5-13(15(18)17-11)21-10-14(19)16-8-12-4-3-7-20-12/h2,5-6,9,12H,3-4,7-8,10H2,1H3,(H,16,19). The topological polar surface area (TPSA) is 64.9 Å². The first-order chi connectivity index (χ1) is 10.2. The normalized spacial score (nSPS) is 18.0. The molecule has 0 saturated carbocycles. The van der Waals surface area contributed by atoms with E-state index in [9.17, 15) is 4.79 Å². The first-order valence-corrected chi connectivity index (χ1v) is 7.18. The van der Waals surface area contributed by atoms with Crippen LogP contribution in [-0.2, 0) is 9.53 Å². The third-order valence-electron chi connectivity index (χ3n) is 3.48. The Morgan fingerprint density at radius 3 is 3.33 bits per heavy atom. The molecule has 1 atom stereocenters. The summed E-state index contributed by atoms with van der Waals surface area (Å²) in [6.07, 6.45) is 6.04. The molecule has 1 amide bonds. The van der Waals surface area contributed by atoms with Gasteiger partial charge in [-0.2, -0.15) is 0 Å². The fourth-order valence-electron chi connectivity index (χ4n) is 2.45. The maximum Gasteiger partial charge on any atom is 0.258 e. The number of aryl methyl sites for hydroxylation is 1. The summed E-state index contributed by atoms with van der Waals surface area (Å²) in [5, 5.41) is 2.83. The van der Waals surface area contributed by atoms with Crippen molar-refractivity contribution in [1.82, 2.24) is 14.7 Å². The molecular formula is C15H19N3O3. The van der Waals surface area contributed by atoms with Gasteiger partial charge in [0.1, 0.15) is 0 Å². The number of ether oxygens (including phenoxy) is 2. The molecule has 2 aromatic heterocycles. The molecule has 112 valence electrons. The highest BCUT2D eigenvalue weighted by Gasteiger charge is 2.16. The Hall–Kier alpha value is -2.08. The van der Waals surface area contributed by atoms with Crippen LogP contribution in [0.1, 0.15) is 18.5 Å². The van der Waals surface area contributed by atoms with E-state index < -0.39 is 0 Å². The molecule has 0 aliphatic carbocycles. The van der Waals surface area contributed by atoms with Crippen LogP contribution in [0.4, 0.5) is 0 Å². The maximum absolute atomic E-state index is 11.8. The van der Waals surface area contributed by atoms with Crippen molar-refractivity contribution in [2.45, 2.75) is 25.9 Å². The predicted octanol–water partition coefficient (Wildman–Crippen LogP) is 1.32. The number of aromatic nitrogens is 2. The molecule has 21 heavy (non-hydrogen) atoms. The highest BCUT2D eigenvalue weighted by Crippen LogP contribution is 2.18. The van der Waals surface area contributed by atoms with Crippen molar-refractivity contribution in [3.63, 3.8) is 0 Å². The first kappa shape index (κ1) is 13.9. The van der Waals surface area contributed by atoms with Gasteiger partial charge in [0.15, 0.2) is 18.0 Å². The van der Waals surface area contributed by atoms with Crippen LogP contribution < -0.4 is 10.1 Å². The molecule has 3 heterocycles. The highest BCUT2D eigenvalue weighted by atomic mass is 16.5. The van der Waals surface area contributed by atoms with Gasteiger partial charge < -0.3 is 19.2 Å². The second-order valence-electron chi connectivity index (χ2n) is 5.21. The fourth-order valence-corrected chi connectivity index (χ4v) is 2.45. The lowest BCUT2D eigenvalue weighted by molar-refractivity contribution is -0.123. The lowest BCUT2D eigenvalue weighted by Gasteiger charge is -2.11. The Balaban J connectivity index is 1.54. The minimum absolute atomic E-state index is 0.0156. The fraction of sp³-hybridized carbons (Fsp3) is 0.467. The lowest BCUT2D eigenvalue weighted by atomic mass is 10.2. The molecule has 1 aliphatic heterocycles. The van der Waals surface area contributed by atoms with Gasteiger partial charge in [0.25, 0.3) is 5.91 Å². The second kappa shape index (κ2) is 6.13. The van der Waals surface area contributed by atoms with E-state index in [1.807, 2.05) is 35.9 Å². The molecule has 3 rings (SSSR count). The summed E-state index contributed by atoms with van der Waals surface area (Å²) >= 11 is 0. The van der Waals surface area contributed by atoms with Gasteiger partial charge in [-0.25, -0.2) is 4.98 Å². The molecule has 2 aromatic rings. The maximum atomic E-state index is 11.8. The average molecular weight is 289 g/mol. The van der Waals surface area contributed by atoms with E-state index >= 15 is 0 Å². The molecular weight excluding hydrogens is 270 g/mol. The van der Waals surface area contributed by atoms with Crippen molar-refractivity contribution < 1.29 is 14.3 Å². The largest absolute Gasteiger partial charge is 0.480 e. The minimum Gasteiger partial charge on any atom is -0.480 e. The molecule has 0 spiro atoms. The molecule has 0 aromatic carbocycles. The van der Waals surface area contributed by atoms with Gasteiger partial charge in [0.05, 0.1) is 11.8 Å². The highest BCUT2D eigenvalue weighted by molar-refractivity contribution is 5.77. The molecule has 1 aliphatic rings. The first-order valence-electron chi connectivity index (χ1n) is 7.18. The third-order valence-corrected chi connectivity index (χ3v) is 3.48. The molecule has 1 saturated heterocycles. The van der Waals surface area contributed by atoms with Gasteiger partial charge in [-0.1, -0.05) is 0 Å². The van der Waals surface area contributed by atoms with E-state index in [1.54, 1.807) is 0 Å². The van der Waals surface area contributed by atoms with Crippen molar-refractivity contribution in [3.8, 4) is 5.75 Å². The summed E-state index contributed by atoms with van der Waals surface area (Å²) < 4.78 is 12.9. The number of fused-ring (bicyclic) bond motifs is 1. The quantitative estimate of drug-likeness (QED) is 0.901. The summed E-state index contributed by atoms with van der Waals surface area (Å²) in [4.78, 5) is 16.2. The summed E-state index contributed by atoms with van der Waals surface area (Å²) in [7, 11) is 0. The van der Waals surface area contributed by atoms with Crippen molar-refractivity contribution in [2.24, 2.45) is 0 Å². The van der Waals surface area contributed by atoms with Crippen molar-refractivity contribution in [1.29, 1.82) is 0 Å². The molecule has 0 bridgehead atoms. The van der Waals surface area contributed by atoms with Gasteiger partial charge >= 0.3 is 0 Å². The van der Waals surface area contributed by atoms with Crippen molar-refractivity contribution >= 4 is 11.6 Å². The summed E-state index contributed by atoms with van der Waals surface area (Å²) in [6, 6.07) is 3.68. The van der Waals surface area contributed by atoms with Crippen LogP contribution in [0.25, 0.3) is 5.65 Å².